The highest BCUT2D eigenvalue weighted by Gasteiger charge is 2.60. The van der Waals surface area contributed by atoms with Crippen LogP contribution >= 0.6 is 11.6 Å². The molecule has 0 aromatic heterocycles. The van der Waals surface area contributed by atoms with E-state index in [-0.39, 0.29) is 11.8 Å². The van der Waals surface area contributed by atoms with Crippen LogP contribution in [0.1, 0.15) is 18.5 Å². The number of imide groups is 1. The van der Waals surface area contributed by atoms with E-state index in [1.807, 2.05) is 61.5 Å². The number of ether oxygens (including phenoxy) is 1. The number of hydroxylamine groups is 1. The zero-order chi connectivity index (χ0) is 22.2. The summed E-state index contributed by atoms with van der Waals surface area (Å²) in [6.07, 6.45) is -0.932. The smallest absolute Gasteiger partial charge is 0.266 e. The van der Waals surface area contributed by atoms with Crippen LogP contribution in [0.4, 0.5) is 11.4 Å². The van der Waals surface area contributed by atoms with Gasteiger partial charge >= 0.3 is 0 Å². The van der Waals surface area contributed by atoms with Crippen LogP contribution in [-0.4, -0.2) is 24.5 Å². The number of para-hydroxylation sites is 2. The van der Waals surface area contributed by atoms with Crippen molar-refractivity contribution in [1.29, 1.82) is 0 Å². The van der Waals surface area contributed by atoms with E-state index < -0.39 is 18.1 Å². The molecule has 6 nitrogen and oxygen atoms in total. The molecule has 3 atom stereocenters. The topological polar surface area (TPSA) is 59.1 Å². The van der Waals surface area contributed by atoms with Crippen LogP contribution < -0.4 is 14.7 Å². The Hall–Kier alpha value is -3.35. The number of benzene rings is 3. The van der Waals surface area contributed by atoms with Crippen LogP contribution in [0.3, 0.4) is 0 Å². The first-order valence-corrected chi connectivity index (χ1v) is 10.8. The largest absolute Gasteiger partial charge is 0.494 e. The number of anilines is 2. The lowest BCUT2D eigenvalue weighted by molar-refractivity contribution is -0.126. The molecule has 32 heavy (non-hydrogen) atoms. The van der Waals surface area contributed by atoms with Gasteiger partial charge in [0.25, 0.3) is 5.91 Å². The summed E-state index contributed by atoms with van der Waals surface area (Å²) in [5, 5.41) is 2.20. The van der Waals surface area contributed by atoms with Crippen molar-refractivity contribution in [1.82, 2.24) is 0 Å². The molecule has 2 amide bonds. The molecule has 2 fully saturated rings. The SMILES string of the molecule is CCOc1ccccc1[C@@H]1[C@@H]2C(=O)N(c3ccc(Cl)cc3)C(=O)[C@@H]2ON1c1ccccc1. The summed E-state index contributed by atoms with van der Waals surface area (Å²) >= 11 is 5.99. The number of amides is 2. The quantitative estimate of drug-likeness (QED) is 0.525. The van der Waals surface area contributed by atoms with E-state index >= 15 is 0 Å². The molecule has 3 aromatic carbocycles. The second-order valence-corrected chi connectivity index (χ2v) is 8.05. The Bertz CT molecular complexity index is 1150. The third kappa shape index (κ3) is 3.32. The minimum Gasteiger partial charge on any atom is -0.494 e. The summed E-state index contributed by atoms with van der Waals surface area (Å²) in [6, 6.07) is 23.2. The highest BCUT2D eigenvalue weighted by atomic mass is 35.5. The first-order chi connectivity index (χ1) is 15.6. The average Bonchev–Trinajstić information content (AvgIpc) is 3.32. The molecule has 0 N–H and O–H groups in total. The Morgan fingerprint density at radius 2 is 1.56 bits per heavy atom. The second kappa shape index (κ2) is 8.30. The number of fused-ring (bicyclic) bond motifs is 1. The van der Waals surface area contributed by atoms with Gasteiger partial charge in [-0.25, -0.2) is 9.96 Å². The lowest BCUT2D eigenvalue weighted by Crippen LogP contribution is -2.37. The molecule has 0 unspecified atom stereocenters. The van der Waals surface area contributed by atoms with Crippen molar-refractivity contribution in [2.75, 3.05) is 16.6 Å². The minimum absolute atomic E-state index is 0.308. The van der Waals surface area contributed by atoms with Crippen LogP contribution in [0.25, 0.3) is 0 Å². The molecule has 0 aliphatic carbocycles. The first kappa shape index (κ1) is 20.5. The lowest BCUT2D eigenvalue weighted by atomic mass is 9.90. The van der Waals surface area contributed by atoms with Crippen molar-refractivity contribution >= 4 is 34.8 Å². The minimum atomic E-state index is -0.932. The second-order valence-electron chi connectivity index (χ2n) is 7.62. The Morgan fingerprint density at radius 3 is 2.28 bits per heavy atom. The molecule has 0 spiro atoms. The molecule has 2 heterocycles. The third-order valence-corrected chi connectivity index (χ3v) is 6.00. The van der Waals surface area contributed by atoms with Crippen molar-refractivity contribution < 1.29 is 19.2 Å². The van der Waals surface area contributed by atoms with Gasteiger partial charge in [0, 0.05) is 10.6 Å². The molecule has 2 aliphatic heterocycles. The highest BCUT2D eigenvalue weighted by molar-refractivity contribution is 6.31. The summed E-state index contributed by atoms with van der Waals surface area (Å²) in [5.41, 5.74) is 2.03. The van der Waals surface area contributed by atoms with Crippen LogP contribution in [0.15, 0.2) is 78.9 Å². The van der Waals surface area contributed by atoms with Crippen molar-refractivity contribution in [3.05, 3.63) is 89.4 Å². The molecule has 2 saturated heterocycles. The van der Waals surface area contributed by atoms with Gasteiger partial charge in [-0.3, -0.25) is 14.4 Å². The zero-order valence-corrected chi connectivity index (χ0v) is 18.1. The molecular formula is C25H21ClN2O4. The normalized spacial score (nSPS) is 22.4. The number of hydrogen-bond donors (Lipinski definition) is 0. The molecule has 7 heteroatoms. The van der Waals surface area contributed by atoms with E-state index in [0.717, 1.165) is 11.3 Å². The van der Waals surface area contributed by atoms with Gasteiger partial charge in [0.15, 0.2) is 6.10 Å². The van der Waals surface area contributed by atoms with Crippen LogP contribution in [0.2, 0.25) is 5.02 Å². The van der Waals surface area contributed by atoms with Gasteiger partial charge in [-0.15, -0.1) is 0 Å². The van der Waals surface area contributed by atoms with E-state index in [1.54, 1.807) is 29.3 Å². The van der Waals surface area contributed by atoms with Gasteiger partial charge in [0.05, 0.1) is 24.0 Å². The maximum absolute atomic E-state index is 13.6. The molecular weight excluding hydrogens is 428 g/mol. The van der Waals surface area contributed by atoms with Crippen LogP contribution in [-0.2, 0) is 14.4 Å². The third-order valence-electron chi connectivity index (χ3n) is 5.75. The maximum atomic E-state index is 13.6. The van der Waals surface area contributed by atoms with Gasteiger partial charge < -0.3 is 4.74 Å². The Balaban J connectivity index is 1.61. The molecule has 0 radical (unpaired) electrons. The number of carbonyl (C=O) groups excluding carboxylic acids is 2. The van der Waals surface area contributed by atoms with Gasteiger partial charge in [0.2, 0.25) is 5.91 Å². The van der Waals surface area contributed by atoms with Crippen LogP contribution in [0.5, 0.6) is 5.75 Å². The summed E-state index contributed by atoms with van der Waals surface area (Å²) in [4.78, 5) is 34.3. The summed E-state index contributed by atoms with van der Waals surface area (Å²) in [7, 11) is 0. The first-order valence-electron chi connectivity index (χ1n) is 10.5. The predicted octanol–water partition coefficient (Wildman–Crippen LogP) is 4.79. The molecule has 0 bridgehead atoms. The Morgan fingerprint density at radius 1 is 0.875 bits per heavy atom. The van der Waals surface area contributed by atoms with Gasteiger partial charge in [-0.05, 0) is 49.4 Å². The fraction of sp³-hybridized carbons (Fsp3) is 0.200. The summed E-state index contributed by atoms with van der Waals surface area (Å²) < 4.78 is 5.86. The Kier molecular flexibility index (Phi) is 5.33. The lowest BCUT2D eigenvalue weighted by Gasteiger charge is -2.29. The molecule has 0 saturated carbocycles. The fourth-order valence-electron chi connectivity index (χ4n) is 4.39. The molecule has 3 aromatic rings. The number of halogens is 1. The summed E-state index contributed by atoms with van der Waals surface area (Å²) in [5.74, 6) is -0.757. The average molecular weight is 449 g/mol. The number of rotatable bonds is 5. The molecule has 162 valence electrons. The highest BCUT2D eigenvalue weighted by Crippen LogP contribution is 2.49. The number of hydrogen-bond acceptors (Lipinski definition) is 5. The van der Waals surface area contributed by atoms with E-state index in [2.05, 4.69) is 0 Å². The van der Waals surface area contributed by atoms with Gasteiger partial charge in [-0.1, -0.05) is 48.0 Å². The Labute approximate surface area is 190 Å². The van der Waals surface area contributed by atoms with E-state index in [4.69, 9.17) is 21.2 Å². The molecule has 5 rings (SSSR count). The predicted molar refractivity (Wildman–Crippen MR) is 122 cm³/mol. The van der Waals surface area contributed by atoms with Gasteiger partial charge in [0.1, 0.15) is 11.7 Å². The zero-order valence-electron chi connectivity index (χ0n) is 17.4. The fourth-order valence-corrected chi connectivity index (χ4v) is 4.51. The molecule has 2 aliphatic rings. The van der Waals surface area contributed by atoms with Crippen molar-refractivity contribution in [2.45, 2.75) is 19.1 Å². The number of nitrogens with zero attached hydrogens (tertiary/aromatic N) is 2. The van der Waals surface area contributed by atoms with Gasteiger partial charge in [-0.2, -0.15) is 0 Å². The maximum Gasteiger partial charge on any atom is 0.266 e. The number of carbonyl (C=O) groups is 2. The van der Waals surface area contributed by atoms with E-state index in [1.165, 1.54) is 4.90 Å². The van der Waals surface area contributed by atoms with Crippen LogP contribution in [0, 0.1) is 5.92 Å². The monoisotopic (exact) mass is 448 g/mol. The van der Waals surface area contributed by atoms with Crippen molar-refractivity contribution in [3.8, 4) is 5.75 Å². The summed E-state index contributed by atoms with van der Waals surface area (Å²) in [6.45, 7) is 2.39. The van der Waals surface area contributed by atoms with Crippen molar-refractivity contribution in [3.63, 3.8) is 0 Å². The van der Waals surface area contributed by atoms with Crippen molar-refractivity contribution in [2.24, 2.45) is 5.92 Å². The van der Waals surface area contributed by atoms with E-state index in [9.17, 15) is 9.59 Å². The standard InChI is InChI=1S/C25H21ClN2O4/c1-2-31-20-11-7-6-10-19(20)22-21-23(32-28(22)18-8-4-3-5-9-18)25(30)27(24(21)29)17-14-12-16(26)13-15-17/h3-15,21-23H,2H2,1H3/t21-,22+,23+/m0/s1. The van der Waals surface area contributed by atoms with E-state index in [0.29, 0.717) is 23.1 Å².